The van der Waals surface area contributed by atoms with E-state index in [1.807, 2.05) is 91.0 Å². The van der Waals surface area contributed by atoms with Crippen LogP contribution in [0, 0.1) is 0 Å². The highest BCUT2D eigenvalue weighted by atomic mass is 31.2. The fourth-order valence-corrected chi connectivity index (χ4v) is 6.81. The maximum Gasteiger partial charge on any atom is 0.188 e. The highest BCUT2D eigenvalue weighted by Crippen LogP contribution is 2.41. The smallest absolute Gasteiger partial charge is 0.188 e. The molecule has 6 aromatic rings. The fourth-order valence-electron chi connectivity index (χ4n) is 4.30. The quantitative estimate of drug-likeness (QED) is 0.260. The maximum absolute atomic E-state index is 14.5. The minimum Gasteiger partial charge on any atom is -0.307 e. The molecule has 3 aromatic carbocycles. The molecule has 5 heteroatoms. The Hall–Kier alpha value is -4.14. The molecule has 0 spiro atoms. The lowest BCUT2D eigenvalue weighted by Gasteiger charge is -2.19. The van der Waals surface area contributed by atoms with Crippen LogP contribution in [0.2, 0.25) is 0 Å². The molecule has 0 N–H and O–H groups in total. The number of fused-ring (bicyclic) bond motifs is 3. The minimum absolute atomic E-state index is 0.557. The van der Waals surface area contributed by atoms with Gasteiger partial charge in [0, 0.05) is 39.3 Å². The van der Waals surface area contributed by atoms with E-state index in [1.54, 1.807) is 12.4 Å². The van der Waals surface area contributed by atoms with Gasteiger partial charge in [-0.3, -0.25) is 9.97 Å². The van der Waals surface area contributed by atoms with Gasteiger partial charge in [-0.05, 0) is 24.3 Å². The van der Waals surface area contributed by atoms with Gasteiger partial charge in [-0.1, -0.05) is 84.9 Å². The molecule has 34 heavy (non-hydrogen) atoms. The highest BCUT2D eigenvalue weighted by molar-refractivity contribution is 7.85. The van der Waals surface area contributed by atoms with Crippen molar-refractivity contribution in [3.63, 3.8) is 0 Å². The fraction of sp³-hybridized carbons (Fsp3) is 0. The summed E-state index contributed by atoms with van der Waals surface area (Å²) in [5.41, 5.74) is 3.97. The van der Waals surface area contributed by atoms with Gasteiger partial charge >= 0.3 is 0 Å². The van der Waals surface area contributed by atoms with Crippen molar-refractivity contribution in [2.75, 3.05) is 0 Å². The number of nitrogens with zero attached hydrogens (tertiary/aromatic N) is 3. The molecule has 0 fully saturated rings. The monoisotopic (exact) mass is 457 g/mol. The standard InChI is InChI=1S/C29H20N3OP/c33-34(24-9-3-1-4-10-24,25-11-5-2-6-12-25)27-18-16-23(20-31-27)26-17-15-22-14-13-21-8-7-19-30-28(21)29(22)32-26/h1-20H. The van der Waals surface area contributed by atoms with E-state index in [0.29, 0.717) is 5.44 Å². The second-order valence-corrected chi connectivity index (χ2v) is 10.8. The number of aromatic nitrogens is 3. The van der Waals surface area contributed by atoms with E-state index in [2.05, 4.69) is 23.2 Å². The summed E-state index contributed by atoms with van der Waals surface area (Å²) < 4.78 is 14.5. The zero-order chi connectivity index (χ0) is 23.0. The van der Waals surface area contributed by atoms with E-state index in [9.17, 15) is 4.57 Å². The van der Waals surface area contributed by atoms with Crippen molar-refractivity contribution in [2.45, 2.75) is 0 Å². The summed E-state index contributed by atoms with van der Waals surface area (Å²) in [6.07, 6.45) is 3.55. The topological polar surface area (TPSA) is 55.7 Å². The molecular weight excluding hydrogens is 437 g/mol. The Bertz CT molecular complexity index is 1620. The molecule has 0 aliphatic rings. The molecule has 0 aliphatic carbocycles. The van der Waals surface area contributed by atoms with Crippen LogP contribution >= 0.6 is 7.14 Å². The van der Waals surface area contributed by atoms with E-state index >= 15 is 0 Å². The third-order valence-corrected chi connectivity index (χ3v) is 9.00. The van der Waals surface area contributed by atoms with Crippen LogP contribution in [-0.2, 0) is 4.57 Å². The van der Waals surface area contributed by atoms with Gasteiger partial charge in [0.25, 0.3) is 0 Å². The SMILES string of the molecule is O=P(c1ccccc1)(c1ccccc1)c1ccc(-c2ccc3ccc4cccnc4c3n2)cn1. The Morgan fingerprint density at radius 3 is 1.85 bits per heavy atom. The summed E-state index contributed by atoms with van der Waals surface area (Å²) in [6.45, 7) is 0. The Morgan fingerprint density at radius 2 is 1.21 bits per heavy atom. The normalized spacial score (nSPS) is 11.6. The van der Waals surface area contributed by atoms with E-state index in [1.165, 1.54) is 0 Å². The summed E-state index contributed by atoms with van der Waals surface area (Å²) in [7, 11) is -3.10. The number of hydrogen-bond acceptors (Lipinski definition) is 4. The lowest BCUT2D eigenvalue weighted by Crippen LogP contribution is -2.26. The summed E-state index contributed by atoms with van der Waals surface area (Å²) in [5, 5.41) is 3.63. The van der Waals surface area contributed by atoms with Crippen LogP contribution in [0.1, 0.15) is 0 Å². The summed E-state index contributed by atoms with van der Waals surface area (Å²) in [4.78, 5) is 14.2. The third-order valence-electron chi connectivity index (χ3n) is 6.04. The molecule has 0 aliphatic heterocycles. The van der Waals surface area contributed by atoms with Crippen LogP contribution in [-0.4, -0.2) is 15.0 Å². The van der Waals surface area contributed by atoms with Crippen molar-refractivity contribution in [1.29, 1.82) is 0 Å². The number of pyridine rings is 3. The van der Waals surface area contributed by atoms with Gasteiger partial charge in [-0.15, -0.1) is 0 Å². The first kappa shape index (κ1) is 20.5. The van der Waals surface area contributed by atoms with E-state index < -0.39 is 7.14 Å². The largest absolute Gasteiger partial charge is 0.307 e. The maximum atomic E-state index is 14.5. The molecule has 0 saturated carbocycles. The summed E-state index contributed by atoms with van der Waals surface area (Å²) in [5.74, 6) is 0. The van der Waals surface area contributed by atoms with E-state index in [4.69, 9.17) is 9.97 Å². The second-order valence-electron chi connectivity index (χ2n) is 8.09. The van der Waals surface area contributed by atoms with Gasteiger partial charge in [0.15, 0.2) is 7.14 Å². The molecule has 0 bridgehead atoms. The Labute approximate surface area is 197 Å². The van der Waals surface area contributed by atoms with Crippen LogP contribution in [0.3, 0.4) is 0 Å². The molecule has 6 rings (SSSR count). The van der Waals surface area contributed by atoms with Crippen molar-refractivity contribution >= 4 is 45.0 Å². The van der Waals surface area contributed by atoms with E-state index in [0.717, 1.165) is 43.7 Å². The van der Waals surface area contributed by atoms with Crippen molar-refractivity contribution in [1.82, 2.24) is 15.0 Å². The van der Waals surface area contributed by atoms with Crippen molar-refractivity contribution in [3.05, 3.63) is 122 Å². The molecule has 4 nitrogen and oxygen atoms in total. The molecule has 162 valence electrons. The molecule has 0 unspecified atom stereocenters. The van der Waals surface area contributed by atoms with E-state index in [-0.39, 0.29) is 0 Å². The van der Waals surface area contributed by atoms with Crippen LogP contribution in [0.5, 0.6) is 0 Å². The third kappa shape index (κ3) is 3.40. The van der Waals surface area contributed by atoms with Gasteiger partial charge in [-0.25, -0.2) is 4.98 Å². The van der Waals surface area contributed by atoms with Gasteiger partial charge in [0.2, 0.25) is 0 Å². The summed E-state index contributed by atoms with van der Waals surface area (Å²) in [6, 6.07) is 35.1. The average Bonchev–Trinajstić information content (AvgIpc) is 2.93. The minimum atomic E-state index is -3.10. The van der Waals surface area contributed by atoms with Gasteiger partial charge in [0.05, 0.1) is 16.7 Å². The second kappa shape index (κ2) is 8.33. The molecule has 0 atom stereocenters. The predicted molar refractivity (Wildman–Crippen MR) is 140 cm³/mol. The number of benzene rings is 3. The molecule has 3 aromatic heterocycles. The predicted octanol–water partition coefficient (Wildman–Crippen LogP) is 5.48. The Balaban J connectivity index is 1.47. The van der Waals surface area contributed by atoms with Crippen LogP contribution in [0.25, 0.3) is 33.1 Å². The molecular formula is C29H20N3OP. The zero-order valence-electron chi connectivity index (χ0n) is 18.2. The first-order chi connectivity index (χ1) is 16.7. The first-order valence-corrected chi connectivity index (χ1v) is 12.8. The lowest BCUT2D eigenvalue weighted by molar-refractivity contribution is 0.592. The van der Waals surface area contributed by atoms with Gasteiger partial charge < -0.3 is 4.57 Å². The first-order valence-electron chi connectivity index (χ1n) is 11.1. The van der Waals surface area contributed by atoms with Crippen molar-refractivity contribution < 1.29 is 4.57 Å². The van der Waals surface area contributed by atoms with Gasteiger partial charge in [-0.2, -0.15) is 0 Å². The average molecular weight is 457 g/mol. The Morgan fingerprint density at radius 1 is 0.559 bits per heavy atom. The Kier molecular flexibility index (Phi) is 5.01. The van der Waals surface area contributed by atoms with Gasteiger partial charge in [0.1, 0.15) is 5.44 Å². The summed E-state index contributed by atoms with van der Waals surface area (Å²) >= 11 is 0. The number of rotatable bonds is 4. The van der Waals surface area contributed by atoms with Crippen LogP contribution in [0.15, 0.2) is 122 Å². The lowest BCUT2D eigenvalue weighted by atomic mass is 10.1. The van der Waals surface area contributed by atoms with Crippen LogP contribution < -0.4 is 16.0 Å². The molecule has 0 amide bonds. The number of hydrogen-bond donors (Lipinski definition) is 0. The zero-order valence-corrected chi connectivity index (χ0v) is 19.1. The molecule has 0 radical (unpaired) electrons. The van der Waals surface area contributed by atoms with Crippen molar-refractivity contribution in [2.24, 2.45) is 0 Å². The molecule has 3 heterocycles. The van der Waals surface area contributed by atoms with Crippen LogP contribution in [0.4, 0.5) is 0 Å². The highest BCUT2D eigenvalue weighted by Gasteiger charge is 2.30. The van der Waals surface area contributed by atoms with Crippen molar-refractivity contribution in [3.8, 4) is 11.3 Å². The molecule has 0 saturated heterocycles.